The van der Waals surface area contributed by atoms with Crippen molar-refractivity contribution in [2.45, 2.75) is 49.2 Å². The summed E-state index contributed by atoms with van der Waals surface area (Å²) in [5.74, 6) is 0.783. The Labute approximate surface area is 220 Å². The Bertz CT molecular complexity index is 1350. The molecule has 6 rings (SSSR count). The molecular formula is C27H30F3N3O4S. The van der Waals surface area contributed by atoms with Crippen LogP contribution in [0.4, 0.5) is 24.5 Å². The highest BCUT2D eigenvalue weighted by Crippen LogP contribution is 2.50. The number of hydrogen-bond acceptors (Lipinski definition) is 5. The Hall–Kier alpha value is -2.79. The molecule has 1 saturated carbocycles. The van der Waals surface area contributed by atoms with E-state index in [-0.39, 0.29) is 49.0 Å². The highest BCUT2D eigenvalue weighted by atomic mass is 32.2. The predicted molar refractivity (Wildman–Crippen MR) is 136 cm³/mol. The Morgan fingerprint density at radius 1 is 0.974 bits per heavy atom. The second kappa shape index (κ2) is 8.87. The molecule has 4 fully saturated rings. The highest BCUT2D eigenvalue weighted by Gasteiger charge is 2.52. The second-order valence-corrected chi connectivity index (χ2v) is 12.7. The van der Waals surface area contributed by atoms with Crippen molar-refractivity contribution in [1.82, 2.24) is 4.31 Å². The molecule has 2 atom stereocenters. The summed E-state index contributed by atoms with van der Waals surface area (Å²) in [4.78, 5) is 17.1. The first-order valence-electron chi connectivity index (χ1n) is 13.0. The van der Waals surface area contributed by atoms with Gasteiger partial charge in [0.05, 0.1) is 28.7 Å². The van der Waals surface area contributed by atoms with E-state index in [4.69, 9.17) is 4.74 Å². The largest absolute Gasteiger partial charge is 0.497 e. The average Bonchev–Trinajstić information content (AvgIpc) is 3.46. The zero-order valence-electron chi connectivity index (χ0n) is 21.1. The van der Waals surface area contributed by atoms with Crippen LogP contribution in [0.3, 0.4) is 0 Å². The monoisotopic (exact) mass is 549 g/mol. The summed E-state index contributed by atoms with van der Waals surface area (Å²) >= 11 is 0. The smallest absolute Gasteiger partial charge is 0.418 e. The molecular weight excluding hydrogens is 519 g/mol. The number of carbonyl (C=O) groups is 1. The summed E-state index contributed by atoms with van der Waals surface area (Å²) < 4.78 is 75.3. The van der Waals surface area contributed by atoms with Gasteiger partial charge < -0.3 is 14.5 Å². The Morgan fingerprint density at radius 2 is 1.66 bits per heavy atom. The molecule has 1 spiro atoms. The fourth-order valence-electron chi connectivity index (χ4n) is 6.45. The number of hydrogen-bond donors (Lipinski definition) is 0. The molecule has 2 aromatic rings. The molecule has 7 nitrogen and oxygen atoms in total. The molecule has 3 aliphatic heterocycles. The average molecular weight is 550 g/mol. The molecule has 0 aromatic heterocycles. The van der Waals surface area contributed by atoms with Crippen molar-refractivity contribution in [1.29, 1.82) is 0 Å². The number of rotatable bonds is 5. The van der Waals surface area contributed by atoms with Gasteiger partial charge in [0.2, 0.25) is 15.9 Å². The van der Waals surface area contributed by atoms with E-state index in [2.05, 4.69) is 4.90 Å². The third kappa shape index (κ3) is 4.14. The number of halogens is 3. The van der Waals surface area contributed by atoms with Crippen molar-refractivity contribution in [3.63, 3.8) is 0 Å². The van der Waals surface area contributed by atoms with Crippen molar-refractivity contribution >= 4 is 27.3 Å². The van der Waals surface area contributed by atoms with E-state index >= 15 is 0 Å². The lowest BCUT2D eigenvalue weighted by molar-refractivity contribution is -0.137. The molecule has 1 amide bonds. The minimum atomic E-state index is -4.60. The van der Waals surface area contributed by atoms with Crippen molar-refractivity contribution in [3.05, 3.63) is 48.0 Å². The number of piperidine rings is 2. The molecule has 204 valence electrons. The summed E-state index contributed by atoms with van der Waals surface area (Å²) in [5.41, 5.74) is -1.19. The molecule has 3 saturated heterocycles. The van der Waals surface area contributed by atoms with E-state index in [0.717, 1.165) is 19.4 Å². The summed E-state index contributed by atoms with van der Waals surface area (Å²) in [7, 11) is -2.26. The molecule has 11 heteroatoms. The first-order valence-corrected chi connectivity index (χ1v) is 14.4. The molecule has 3 heterocycles. The molecule has 0 radical (unpaired) electrons. The third-order valence-electron chi connectivity index (χ3n) is 8.82. The van der Waals surface area contributed by atoms with Crippen LogP contribution >= 0.6 is 0 Å². The van der Waals surface area contributed by atoms with Gasteiger partial charge in [0.15, 0.2) is 0 Å². The molecule has 1 aliphatic carbocycles. The minimum Gasteiger partial charge on any atom is -0.497 e. The molecule has 2 unspecified atom stereocenters. The topological polar surface area (TPSA) is 70.2 Å². The number of sulfonamides is 1. The van der Waals surface area contributed by atoms with Gasteiger partial charge in [0, 0.05) is 37.9 Å². The van der Waals surface area contributed by atoms with Crippen molar-refractivity contribution in [3.8, 4) is 5.75 Å². The van der Waals surface area contributed by atoms with Gasteiger partial charge in [-0.25, -0.2) is 8.42 Å². The normalized spacial score (nSPS) is 25.2. The molecule has 4 aliphatic rings. The number of amides is 1. The molecule has 38 heavy (non-hydrogen) atoms. The van der Waals surface area contributed by atoms with Gasteiger partial charge in [0.25, 0.3) is 0 Å². The quantitative estimate of drug-likeness (QED) is 0.549. The van der Waals surface area contributed by atoms with Gasteiger partial charge in [-0.2, -0.15) is 17.5 Å². The maximum atomic E-state index is 14.2. The molecule has 2 aromatic carbocycles. The third-order valence-corrected chi connectivity index (χ3v) is 10.7. The van der Waals surface area contributed by atoms with Gasteiger partial charge in [-0.1, -0.05) is 0 Å². The van der Waals surface area contributed by atoms with Crippen LogP contribution in [0.1, 0.15) is 37.7 Å². The van der Waals surface area contributed by atoms with Crippen LogP contribution in [0.2, 0.25) is 0 Å². The van der Waals surface area contributed by atoms with Crippen LogP contribution in [0.15, 0.2) is 47.4 Å². The van der Waals surface area contributed by atoms with E-state index < -0.39 is 27.2 Å². The maximum absolute atomic E-state index is 14.2. The predicted octanol–water partition coefficient (Wildman–Crippen LogP) is 4.52. The zero-order chi connectivity index (χ0) is 26.9. The fraction of sp³-hybridized carbons (Fsp3) is 0.519. The van der Waals surface area contributed by atoms with E-state index in [1.54, 1.807) is 18.2 Å². The number of ether oxygens (including phenoxy) is 1. The lowest BCUT2D eigenvalue weighted by Gasteiger charge is -2.37. The lowest BCUT2D eigenvalue weighted by Crippen LogP contribution is -2.46. The van der Waals surface area contributed by atoms with Crippen LogP contribution in [-0.4, -0.2) is 58.0 Å². The Balaban J connectivity index is 1.20. The number of nitrogens with zero attached hydrogens (tertiary/aromatic N) is 3. The fourth-order valence-corrected chi connectivity index (χ4v) is 7.89. The van der Waals surface area contributed by atoms with Crippen LogP contribution < -0.4 is 14.5 Å². The number of methoxy groups -OCH3 is 1. The van der Waals surface area contributed by atoms with Crippen molar-refractivity contribution in [2.24, 2.45) is 11.3 Å². The van der Waals surface area contributed by atoms with E-state index in [9.17, 15) is 26.4 Å². The SMILES string of the molecule is COc1ccc(S(=O)(=O)N2CCC3(CCN(c4ccc(N5CCC6CC65)cc4C(F)(F)F)C3=O)CC2)cc1. The summed E-state index contributed by atoms with van der Waals surface area (Å²) in [6.07, 6.45) is -1.62. The zero-order valence-corrected chi connectivity index (χ0v) is 21.9. The van der Waals surface area contributed by atoms with Crippen LogP contribution in [0.5, 0.6) is 5.75 Å². The van der Waals surface area contributed by atoms with Gasteiger partial charge >= 0.3 is 6.18 Å². The minimum absolute atomic E-state index is 0.108. The molecule has 0 bridgehead atoms. The Morgan fingerprint density at radius 3 is 2.24 bits per heavy atom. The highest BCUT2D eigenvalue weighted by molar-refractivity contribution is 7.89. The van der Waals surface area contributed by atoms with Gasteiger partial charge in [-0.3, -0.25) is 4.79 Å². The van der Waals surface area contributed by atoms with Gasteiger partial charge in [-0.15, -0.1) is 0 Å². The lowest BCUT2D eigenvalue weighted by atomic mass is 9.77. The summed E-state index contributed by atoms with van der Waals surface area (Å²) in [6.45, 7) is 1.21. The first kappa shape index (κ1) is 25.5. The number of anilines is 2. The van der Waals surface area contributed by atoms with Crippen LogP contribution in [0.25, 0.3) is 0 Å². The number of benzene rings is 2. The van der Waals surface area contributed by atoms with Crippen LogP contribution in [0, 0.1) is 11.3 Å². The number of carbonyl (C=O) groups excluding carboxylic acids is 1. The number of alkyl halides is 3. The Kier molecular flexibility index (Phi) is 5.95. The van der Waals surface area contributed by atoms with Gasteiger partial charge in [0.1, 0.15) is 5.75 Å². The summed E-state index contributed by atoms with van der Waals surface area (Å²) in [5, 5.41) is 0. The first-order chi connectivity index (χ1) is 18.0. The standard InChI is InChI=1S/C27H30F3N3O4S/c1-37-20-3-5-21(6-4-20)38(35,36)31-13-9-26(10-14-31)11-15-33(25(26)34)23-7-2-19(17-22(23)27(28,29)30)32-12-8-18-16-24(18)32/h2-7,17-18,24H,8-16H2,1H3. The van der Waals surface area contributed by atoms with Crippen molar-refractivity contribution in [2.75, 3.05) is 43.1 Å². The van der Waals surface area contributed by atoms with Crippen molar-refractivity contribution < 1.29 is 31.1 Å². The molecule has 0 N–H and O–H groups in total. The van der Waals surface area contributed by atoms with E-state index in [0.29, 0.717) is 29.8 Å². The van der Waals surface area contributed by atoms with E-state index in [1.165, 1.54) is 40.6 Å². The van der Waals surface area contributed by atoms with Crippen LogP contribution in [-0.2, 0) is 21.0 Å². The van der Waals surface area contributed by atoms with E-state index in [1.807, 2.05) is 0 Å². The van der Waals surface area contributed by atoms with Gasteiger partial charge in [-0.05, 0) is 80.5 Å². The number of fused-ring (bicyclic) bond motifs is 1. The maximum Gasteiger partial charge on any atom is 0.418 e. The second-order valence-electron chi connectivity index (χ2n) is 10.8. The summed E-state index contributed by atoms with van der Waals surface area (Å²) in [6, 6.07) is 10.8.